The zero-order valence-electron chi connectivity index (χ0n) is 13.7. The van der Waals surface area contributed by atoms with Gasteiger partial charge in [0.05, 0.1) is 11.9 Å². The van der Waals surface area contributed by atoms with Gasteiger partial charge in [0.2, 0.25) is 0 Å². The van der Waals surface area contributed by atoms with E-state index < -0.39 is 5.97 Å². The Morgan fingerprint density at radius 1 is 1.12 bits per heavy atom. The van der Waals surface area contributed by atoms with E-state index in [0.29, 0.717) is 13.0 Å². The molecule has 0 atom stereocenters. The lowest BCUT2D eigenvalue weighted by Crippen LogP contribution is -2.24. The highest BCUT2D eigenvalue weighted by Gasteiger charge is 2.10. The Kier molecular flexibility index (Phi) is 6.48. The van der Waals surface area contributed by atoms with E-state index in [4.69, 9.17) is 5.11 Å². The van der Waals surface area contributed by atoms with Gasteiger partial charge in [0.25, 0.3) is 5.91 Å². The van der Waals surface area contributed by atoms with E-state index in [-0.39, 0.29) is 18.0 Å². The van der Waals surface area contributed by atoms with Gasteiger partial charge in [-0.2, -0.15) is 0 Å². The van der Waals surface area contributed by atoms with E-state index in [1.165, 1.54) is 0 Å². The van der Waals surface area contributed by atoms with Gasteiger partial charge in [0.1, 0.15) is 0 Å². The van der Waals surface area contributed by atoms with Crippen LogP contribution in [0.5, 0.6) is 0 Å². The number of rotatable bonds is 9. The predicted octanol–water partition coefficient (Wildman–Crippen LogP) is 2.34. The van der Waals surface area contributed by atoms with Crippen molar-refractivity contribution in [3.8, 4) is 5.69 Å². The molecule has 1 aromatic heterocycles. The molecule has 7 heteroatoms. The molecule has 0 saturated heterocycles. The highest BCUT2D eigenvalue weighted by Crippen LogP contribution is 2.08. The van der Waals surface area contributed by atoms with Crippen molar-refractivity contribution in [3.63, 3.8) is 0 Å². The number of hydrogen-bond donors (Lipinski definition) is 2. The number of benzene rings is 1. The first-order chi connectivity index (χ1) is 11.6. The number of aromatic nitrogens is 3. The van der Waals surface area contributed by atoms with Crippen LogP contribution in [-0.4, -0.2) is 38.5 Å². The number of aliphatic carboxylic acids is 1. The molecule has 24 heavy (non-hydrogen) atoms. The van der Waals surface area contributed by atoms with Gasteiger partial charge in [-0.25, -0.2) is 4.68 Å². The number of carbonyl (C=O) groups is 2. The van der Waals surface area contributed by atoms with Crippen molar-refractivity contribution < 1.29 is 14.7 Å². The van der Waals surface area contributed by atoms with Gasteiger partial charge < -0.3 is 10.4 Å². The molecule has 2 N–H and O–H groups in total. The molecular formula is C17H22N4O3. The van der Waals surface area contributed by atoms with Gasteiger partial charge >= 0.3 is 5.97 Å². The van der Waals surface area contributed by atoms with Crippen molar-refractivity contribution in [3.05, 3.63) is 41.7 Å². The number of nitrogens with one attached hydrogen (secondary N) is 1. The normalized spacial score (nSPS) is 10.5. The van der Waals surface area contributed by atoms with Crippen LogP contribution in [0, 0.1) is 6.92 Å². The number of unbranched alkanes of at least 4 members (excludes halogenated alkanes) is 3. The number of carbonyl (C=O) groups excluding carboxylic acids is 1. The fraction of sp³-hybridized carbons (Fsp3) is 0.412. The molecule has 1 amide bonds. The minimum absolute atomic E-state index is 0.203. The van der Waals surface area contributed by atoms with Crippen molar-refractivity contribution in [2.24, 2.45) is 0 Å². The maximum Gasteiger partial charge on any atom is 0.303 e. The number of amides is 1. The van der Waals surface area contributed by atoms with Crippen LogP contribution in [0.4, 0.5) is 0 Å². The Balaban J connectivity index is 1.73. The quantitative estimate of drug-likeness (QED) is 0.688. The summed E-state index contributed by atoms with van der Waals surface area (Å²) in [7, 11) is 0. The molecule has 2 aromatic rings. The van der Waals surface area contributed by atoms with Crippen LogP contribution >= 0.6 is 0 Å². The standard InChI is InChI=1S/C17H22N4O3/c1-13-7-9-14(10-8-13)21-12-15(19-20-21)17(24)18-11-5-3-2-4-6-16(22)23/h7-10,12H,2-6,11H2,1H3,(H,18,24)(H,22,23). The van der Waals surface area contributed by atoms with E-state index >= 15 is 0 Å². The average Bonchev–Trinajstić information content (AvgIpc) is 3.04. The van der Waals surface area contributed by atoms with Crippen LogP contribution in [-0.2, 0) is 4.79 Å². The first-order valence-corrected chi connectivity index (χ1v) is 8.05. The molecule has 0 aliphatic rings. The molecule has 0 fully saturated rings. The number of hydrogen-bond acceptors (Lipinski definition) is 4. The second-order valence-corrected chi connectivity index (χ2v) is 5.70. The van der Waals surface area contributed by atoms with Crippen molar-refractivity contribution in [1.82, 2.24) is 20.3 Å². The summed E-state index contributed by atoms with van der Waals surface area (Å²) >= 11 is 0. The summed E-state index contributed by atoms with van der Waals surface area (Å²) in [5, 5.41) is 19.2. The number of aryl methyl sites for hydroxylation is 1. The lowest BCUT2D eigenvalue weighted by Gasteiger charge is -2.02. The molecule has 0 unspecified atom stereocenters. The van der Waals surface area contributed by atoms with Gasteiger partial charge in [0, 0.05) is 13.0 Å². The SMILES string of the molecule is Cc1ccc(-n2cc(C(=O)NCCCCCCC(=O)O)nn2)cc1. The van der Waals surface area contributed by atoms with Crippen molar-refractivity contribution in [2.75, 3.05) is 6.54 Å². The van der Waals surface area contributed by atoms with Crippen molar-refractivity contribution in [2.45, 2.75) is 39.0 Å². The predicted molar refractivity (Wildman–Crippen MR) is 89.2 cm³/mol. The first-order valence-electron chi connectivity index (χ1n) is 8.05. The van der Waals surface area contributed by atoms with Gasteiger partial charge in [-0.15, -0.1) is 5.10 Å². The second kappa shape index (κ2) is 8.81. The zero-order valence-corrected chi connectivity index (χ0v) is 13.7. The molecule has 1 heterocycles. The van der Waals surface area contributed by atoms with E-state index in [9.17, 15) is 9.59 Å². The molecular weight excluding hydrogens is 308 g/mol. The van der Waals surface area contributed by atoms with Crippen molar-refractivity contribution >= 4 is 11.9 Å². The third-order valence-electron chi connectivity index (χ3n) is 3.63. The highest BCUT2D eigenvalue weighted by molar-refractivity contribution is 5.91. The topological polar surface area (TPSA) is 97.1 Å². The number of carboxylic acids is 1. The Morgan fingerprint density at radius 3 is 2.54 bits per heavy atom. The third kappa shape index (κ3) is 5.49. The molecule has 0 aliphatic heterocycles. The van der Waals surface area contributed by atoms with Gasteiger partial charge in [-0.3, -0.25) is 9.59 Å². The summed E-state index contributed by atoms with van der Waals surface area (Å²) in [4.78, 5) is 22.4. The number of nitrogens with zero attached hydrogens (tertiary/aromatic N) is 3. The molecule has 0 spiro atoms. The van der Waals surface area contributed by atoms with E-state index in [2.05, 4.69) is 15.6 Å². The fourth-order valence-electron chi connectivity index (χ4n) is 2.24. The summed E-state index contributed by atoms with van der Waals surface area (Å²) in [5.41, 5.74) is 2.28. The molecule has 128 valence electrons. The van der Waals surface area contributed by atoms with Crippen LogP contribution in [0.1, 0.15) is 48.2 Å². The van der Waals surface area contributed by atoms with E-state index in [0.717, 1.165) is 30.5 Å². The molecule has 0 bridgehead atoms. The van der Waals surface area contributed by atoms with Crippen LogP contribution in [0.25, 0.3) is 5.69 Å². The zero-order chi connectivity index (χ0) is 17.4. The lowest BCUT2D eigenvalue weighted by atomic mass is 10.1. The van der Waals surface area contributed by atoms with Crippen LogP contribution in [0.3, 0.4) is 0 Å². The molecule has 1 aromatic carbocycles. The van der Waals surface area contributed by atoms with Gasteiger partial charge in [-0.1, -0.05) is 35.8 Å². The van der Waals surface area contributed by atoms with Gasteiger partial charge in [-0.05, 0) is 31.9 Å². The van der Waals surface area contributed by atoms with Gasteiger partial charge in [0.15, 0.2) is 5.69 Å². The Labute approximate surface area is 140 Å². The first kappa shape index (κ1) is 17.7. The summed E-state index contributed by atoms with van der Waals surface area (Å²) in [6.07, 6.45) is 5.04. The smallest absolute Gasteiger partial charge is 0.303 e. The minimum Gasteiger partial charge on any atom is -0.481 e. The highest BCUT2D eigenvalue weighted by atomic mass is 16.4. The Bertz CT molecular complexity index is 679. The molecule has 0 saturated carbocycles. The van der Waals surface area contributed by atoms with Crippen LogP contribution < -0.4 is 5.32 Å². The largest absolute Gasteiger partial charge is 0.481 e. The Hall–Kier alpha value is -2.70. The second-order valence-electron chi connectivity index (χ2n) is 5.70. The van der Waals surface area contributed by atoms with Crippen LogP contribution in [0.15, 0.2) is 30.5 Å². The summed E-state index contributed by atoms with van der Waals surface area (Å²) < 4.78 is 1.57. The molecule has 0 aliphatic carbocycles. The summed E-state index contributed by atoms with van der Waals surface area (Å²) in [6.45, 7) is 2.55. The lowest BCUT2D eigenvalue weighted by molar-refractivity contribution is -0.137. The Morgan fingerprint density at radius 2 is 1.83 bits per heavy atom. The maximum absolute atomic E-state index is 12.0. The molecule has 0 radical (unpaired) electrons. The van der Waals surface area contributed by atoms with E-state index in [1.54, 1.807) is 10.9 Å². The number of carboxylic acid groups (broad SMARTS) is 1. The maximum atomic E-state index is 12.0. The third-order valence-corrected chi connectivity index (χ3v) is 3.63. The van der Waals surface area contributed by atoms with Crippen molar-refractivity contribution in [1.29, 1.82) is 0 Å². The van der Waals surface area contributed by atoms with E-state index in [1.807, 2.05) is 31.2 Å². The monoisotopic (exact) mass is 330 g/mol. The van der Waals surface area contributed by atoms with Crippen LogP contribution in [0.2, 0.25) is 0 Å². The summed E-state index contributed by atoms with van der Waals surface area (Å²) in [5.74, 6) is -1.01. The summed E-state index contributed by atoms with van der Waals surface area (Å²) in [6, 6.07) is 7.79. The fourth-order valence-corrected chi connectivity index (χ4v) is 2.24. The average molecular weight is 330 g/mol. The minimum atomic E-state index is -0.764. The molecule has 7 nitrogen and oxygen atoms in total. The molecule has 2 rings (SSSR count).